The predicted octanol–water partition coefficient (Wildman–Crippen LogP) is 8.87. The van der Waals surface area contributed by atoms with E-state index in [4.69, 9.17) is 14.2 Å². The second-order valence-electron chi connectivity index (χ2n) is 14.2. The molecule has 11 heteroatoms. The molecule has 4 aromatic carbocycles. The number of methoxy groups -OCH3 is 1. The number of amides is 3. The Labute approximate surface area is 335 Å². The summed E-state index contributed by atoms with van der Waals surface area (Å²) in [6, 6.07) is 32.6. The molecule has 57 heavy (non-hydrogen) atoms. The highest BCUT2D eigenvalue weighted by Gasteiger charge is 2.25. The van der Waals surface area contributed by atoms with Crippen LogP contribution in [0.5, 0.6) is 5.75 Å². The van der Waals surface area contributed by atoms with E-state index in [2.05, 4.69) is 21.7 Å². The van der Waals surface area contributed by atoms with Crippen LogP contribution in [0.2, 0.25) is 0 Å². The lowest BCUT2D eigenvalue weighted by atomic mass is 9.95. The van der Waals surface area contributed by atoms with Gasteiger partial charge in [0.1, 0.15) is 23.8 Å². The number of nitrogens with zero attached hydrogens (tertiary/aromatic N) is 2. The SMILES string of the molecule is CC.COC(=O)CC(NC(=O)CNC(=O)CCCN(C(=O)OC(C)(C)C)c1cc(C)ccn1)c1ccc(-c2ccc(OCc3ccccc3)c3ccccc23)cc1. The number of carbonyl (C=O) groups is 4. The number of nitrogens with one attached hydrogen (secondary N) is 2. The molecule has 3 amide bonds. The van der Waals surface area contributed by atoms with Gasteiger partial charge in [-0.25, -0.2) is 9.78 Å². The molecule has 0 bridgehead atoms. The minimum atomic E-state index is -0.711. The van der Waals surface area contributed by atoms with E-state index in [-0.39, 0.29) is 31.8 Å². The van der Waals surface area contributed by atoms with Gasteiger partial charge in [-0.15, -0.1) is 0 Å². The fourth-order valence-electron chi connectivity index (χ4n) is 5.98. The smallest absolute Gasteiger partial charge is 0.416 e. The highest BCUT2D eigenvalue weighted by molar-refractivity contribution is 6.00. The van der Waals surface area contributed by atoms with Crippen molar-refractivity contribution in [3.8, 4) is 16.9 Å². The van der Waals surface area contributed by atoms with Gasteiger partial charge in [-0.3, -0.25) is 19.3 Å². The van der Waals surface area contributed by atoms with E-state index in [0.29, 0.717) is 24.4 Å². The van der Waals surface area contributed by atoms with Crippen molar-refractivity contribution in [3.63, 3.8) is 0 Å². The Morgan fingerprint density at radius 3 is 2.18 bits per heavy atom. The Kier molecular flexibility index (Phi) is 16.2. The quantitative estimate of drug-likeness (QED) is 0.101. The largest absolute Gasteiger partial charge is 0.488 e. The molecule has 0 saturated carbocycles. The van der Waals surface area contributed by atoms with E-state index in [1.54, 1.807) is 33.0 Å². The number of aromatic nitrogens is 1. The van der Waals surface area contributed by atoms with Crippen LogP contribution < -0.4 is 20.3 Å². The van der Waals surface area contributed by atoms with Crippen molar-refractivity contribution in [1.82, 2.24) is 15.6 Å². The third-order valence-corrected chi connectivity index (χ3v) is 8.70. The molecule has 0 saturated heterocycles. The van der Waals surface area contributed by atoms with Gasteiger partial charge in [-0.1, -0.05) is 98.8 Å². The molecule has 0 aliphatic heterocycles. The Morgan fingerprint density at radius 1 is 0.825 bits per heavy atom. The predicted molar refractivity (Wildman–Crippen MR) is 224 cm³/mol. The van der Waals surface area contributed by atoms with Gasteiger partial charge in [0.15, 0.2) is 0 Å². The Balaban J connectivity index is 0.00000354. The molecule has 300 valence electrons. The molecule has 1 heterocycles. The molecule has 2 N–H and O–H groups in total. The van der Waals surface area contributed by atoms with Crippen molar-refractivity contribution < 1.29 is 33.4 Å². The Hall–Kier alpha value is -6.23. The number of hydrogen-bond acceptors (Lipinski definition) is 8. The van der Waals surface area contributed by atoms with Gasteiger partial charge in [-0.05, 0) is 85.5 Å². The van der Waals surface area contributed by atoms with Gasteiger partial charge in [0.2, 0.25) is 11.8 Å². The zero-order valence-corrected chi connectivity index (χ0v) is 34.0. The lowest BCUT2D eigenvalue weighted by Crippen LogP contribution is -2.40. The highest BCUT2D eigenvalue weighted by Crippen LogP contribution is 2.35. The van der Waals surface area contributed by atoms with E-state index in [0.717, 1.165) is 38.8 Å². The molecule has 0 radical (unpaired) electrons. The molecule has 1 aromatic heterocycles. The second-order valence-corrected chi connectivity index (χ2v) is 14.2. The van der Waals surface area contributed by atoms with Crippen molar-refractivity contribution in [1.29, 1.82) is 0 Å². The van der Waals surface area contributed by atoms with Crippen molar-refractivity contribution in [2.75, 3.05) is 25.1 Å². The first kappa shape index (κ1) is 43.5. The topological polar surface area (TPSA) is 136 Å². The van der Waals surface area contributed by atoms with Crippen LogP contribution in [-0.2, 0) is 30.5 Å². The Morgan fingerprint density at radius 2 is 1.51 bits per heavy atom. The molecule has 0 fully saturated rings. The van der Waals surface area contributed by atoms with E-state index in [1.807, 2.05) is 112 Å². The minimum Gasteiger partial charge on any atom is -0.488 e. The zero-order chi connectivity index (χ0) is 41.4. The van der Waals surface area contributed by atoms with Gasteiger partial charge in [-0.2, -0.15) is 0 Å². The number of pyridine rings is 1. The summed E-state index contributed by atoms with van der Waals surface area (Å²) in [5.41, 5.74) is 3.96. The van der Waals surface area contributed by atoms with Crippen LogP contribution in [0.1, 0.15) is 76.6 Å². The maximum absolute atomic E-state index is 13.1. The molecule has 0 spiro atoms. The van der Waals surface area contributed by atoms with E-state index in [1.165, 1.54) is 12.0 Å². The van der Waals surface area contributed by atoms with E-state index in [9.17, 15) is 19.2 Å². The van der Waals surface area contributed by atoms with Crippen molar-refractivity contribution in [2.45, 2.75) is 79.1 Å². The number of ether oxygens (including phenoxy) is 3. The first-order chi connectivity index (χ1) is 27.4. The number of esters is 1. The van der Waals surface area contributed by atoms with Crippen LogP contribution >= 0.6 is 0 Å². The number of anilines is 1. The summed E-state index contributed by atoms with van der Waals surface area (Å²) in [7, 11) is 1.29. The standard InChI is InChI=1S/C44H48N4O7.C2H6/c1-30-23-24-45-39(26-30)48(43(52)55-44(2,3)4)25-11-16-40(49)46-28-41(50)47-37(27-42(51)53-5)33-19-17-32(18-20-33)34-21-22-38(36-15-10-9-14-35(34)36)54-29-31-12-7-6-8-13-31;1-2/h6-10,12-15,17-24,26,37H,11,16,25,27-29H2,1-5H3,(H,46,49)(H,47,50);1-2H3. The summed E-state index contributed by atoms with van der Waals surface area (Å²) in [4.78, 5) is 56.9. The number of hydrogen-bond donors (Lipinski definition) is 2. The first-order valence-electron chi connectivity index (χ1n) is 19.2. The highest BCUT2D eigenvalue weighted by atomic mass is 16.6. The average molecular weight is 775 g/mol. The summed E-state index contributed by atoms with van der Waals surface area (Å²) in [5.74, 6) is -0.117. The van der Waals surface area contributed by atoms with Gasteiger partial charge in [0.25, 0.3) is 0 Å². The van der Waals surface area contributed by atoms with Crippen LogP contribution in [0.15, 0.2) is 109 Å². The van der Waals surface area contributed by atoms with Crippen LogP contribution in [-0.4, -0.2) is 54.7 Å². The molecular weight excluding hydrogens is 721 g/mol. The van der Waals surface area contributed by atoms with Gasteiger partial charge in [0, 0.05) is 24.5 Å². The second kappa shape index (κ2) is 21.2. The molecule has 0 aliphatic carbocycles. The number of aryl methyl sites for hydroxylation is 1. The normalized spacial score (nSPS) is 11.4. The molecule has 5 rings (SSSR count). The van der Waals surface area contributed by atoms with E-state index < -0.39 is 29.6 Å². The monoisotopic (exact) mass is 774 g/mol. The molecule has 1 atom stereocenters. The van der Waals surface area contributed by atoms with Crippen LogP contribution in [0.25, 0.3) is 21.9 Å². The maximum Gasteiger partial charge on any atom is 0.416 e. The van der Waals surface area contributed by atoms with Gasteiger partial charge >= 0.3 is 12.1 Å². The molecule has 0 aliphatic rings. The summed E-state index contributed by atoms with van der Waals surface area (Å²) in [5, 5.41) is 7.52. The lowest BCUT2D eigenvalue weighted by Gasteiger charge is -2.27. The summed E-state index contributed by atoms with van der Waals surface area (Å²) in [6.45, 7) is 11.6. The summed E-state index contributed by atoms with van der Waals surface area (Å²) >= 11 is 0. The lowest BCUT2D eigenvalue weighted by molar-refractivity contribution is -0.141. The summed E-state index contributed by atoms with van der Waals surface area (Å²) < 4.78 is 16.7. The number of fused-ring (bicyclic) bond motifs is 1. The fraction of sp³-hybridized carbons (Fsp3) is 0.326. The van der Waals surface area contributed by atoms with Crippen LogP contribution in [0, 0.1) is 6.92 Å². The third-order valence-electron chi connectivity index (χ3n) is 8.70. The Bertz CT molecular complexity index is 2100. The molecule has 5 aromatic rings. The van der Waals surface area contributed by atoms with Crippen molar-refractivity contribution in [2.24, 2.45) is 0 Å². The van der Waals surface area contributed by atoms with Crippen molar-refractivity contribution in [3.05, 3.63) is 126 Å². The zero-order valence-electron chi connectivity index (χ0n) is 34.0. The molecule has 1 unspecified atom stereocenters. The fourth-order valence-corrected chi connectivity index (χ4v) is 5.98. The minimum absolute atomic E-state index is 0.0558. The molecule has 11 nitrogen and oxygen atoms in total. The number of benzene rings is 4. The van der Waals surface area contributed by atoms with Gasteiger partial charge in [0.05, 0.1) is 26.1 Å². The summed E-state index contributed by atoms with van der Waals surface area (Å²) in [6.07, 6.45) is 1.31. The van der Waals surface area contributed by atoms with Crippen molar-refractivity contribution >= 4 is 40.5 Å². The molecular formula is C46H54N4O7. The number of rotatable bonds is 15. The first-order valence-corrected chi connectivity index (χ1v) is 19.2. The third kappa shape index (κ3) is 13.2. The average Bonchev–Trinajstić information content (AvgIpc) is 3.21. The van der Waals surface area contributed by atoms with Crippen LogP contribution in [0.4, 0.5) is 10.6 Å². The number of carbonyl (C=O) groups excluding carboxylic acids is 4. The van der Waals surface area contributed by atoms with E-state index >= 15 is 0 Å². The maximum atomic E-state index is 13.1. The van der Waals surface area contributed by atoms with Gasteiger partial charge < -0.3 is 24.8 Å². The van der Waals surface area contributed by atoms with Crippen LogP contribution in [0.3, 0.4) is 0 Å².